The molecule has 1 fully saturated rings. The van der Waals surface area contributed by atoms with Gasteiger partial charge in [0.25, 0.3) is 0 Å². The molecule has 164 valence electrons. The number of nitrogens with two attached hydrogens (primary N) is 1. The average Bonchev–Trinajstić information content (AvgIpc) is 3.45. The lowest BCUT2D eigenvalue weighted by atomic mass is 10.1. The number of halogens is 1. The second kappa shape index (κ2) is 8.43. The van der Waals surface area contributed by atoms with E-state index in [0.717, 1.165) is 25.0 Å². The van der Waals surface area contributed by atoms with Gasteiger partial charge in [-0.25, -0.2) is 14.1 Å². The molecule has 8 nitrogen and oxygen atoms in total. The molecule has 1 aliphatic rings. The summed E-state index contributed by atoms with van der Waals surface area (Å²) in [6.07, 6.45) is 2.18. The van der Waals surface area contributed by atoms with E-state index in [-0.39, 0.29) is 11.9 Å². The smallest absolute Gasteiger partial charge is 0.225 e. The van der Waals surface area contributed by atoms with Crippen molar-refractivity contribution in [2.75, 3.05) is 31.3 Å². The summed E-state index contributed by atoms with van der Waals surface area (Å²) in [7, 11) is 1.61. The van der Waals surface area contributed by atoms with Crippen molar-refractivity contribution in [3.8, 4) is 22.7 Å². The van der Waals surface area contributed by atoms with E-state index in [2.05, 4.69) is 15.4 Å². The van der Waals surface area contributed by atoms with Gasteiger partial charge in [0.1, 0.15) is 17.4 Å². The summed E-state index contributed by atoms with van der Waals surface area (Å²) in [6.45, 7) is 1.37. The van der Waals surface area contributed by atoms with Crippen LogP contribution in [-0.4, -0.2) is 46.1 Å². The van der Waals surface area contributed by atoms with Gasteiger partial charge in [-0.1, -0.05) is 18.2 Å². The van der Waals surface area contributed by atoms with Gasteiger partial charge in [0.05, 0.1) is 30.0 Å². The van der Waals surface area contributed by atoms with Gasteiger partial charge in [0.15, 0.2) is 5.65 Å². The molecule has 1 atom stereocenters. The first kappa shape index (κ1) is 20.2. The Kier molecular flexibility index (Phi) is 5.32. The van der Waals surface area contributed by atoms with Crippen LogP contribution in [0, 0.1) is 5.82 Å². The van der Waals surface area contributed by atoms with Crippen molar-refractivity contribution in [3.63, 3.8) is 0 Å². The monoisotopic (exact) mass is 434 g/mol. The third kappa shape index (κ3) is 3.82. The molecule has 2 aromatic heterocycles. The van der Waals surface area contributed by atoms with Crippen LogP contribution in [0.4, 0.5) is 16.2 Å². The number of fused-ring (bicyclic) bond motifs is 1. The van der Waals surface area contributed by atoms with Crippen LogP contribution in [0.15, 0.2) is 48.5 Å². The van der Waals surface area contributed by atoms with E-state index in [9.17, 15) is 4.39 Å². The van der Waals surface area contributed by atoms with Gasteiger partial charge in [-0.3, -0.25) is 0 Å². The van der Waals surface area contributed by atoms with Crippen LogP contribution in [0.5, 0.6) is 5.75 Å². The van der Waals surface area contributed by atoms with Crippen LogP contribution in [-0.2, 0) is 4.74 Å². The fourth-order valence-corrected chi connectivity index (χ4v) is 3.89. The maximum absolute atomic E-state index is 13.8. The molecule has 0 amide bonds. The number of aromatic nitrogens is 4. The van der Waals surface area contributed by atoms with Crippen LogP contribution in [0.2, 0.25) is 0 Å². The van der Waals surface area contributed by atoms with E-state index in [1.54, 1.807) is 19.2 Å². The van der Waals surface area contributed by atoms with Crippen molar-refractivity contribution in [1.29, 1.82) is 0 Å². The first-order chi connectivity index (χ1) is 15.6. The summed E-state index contributed by atoms with van der Waals surface area (Å²) in [6, 6.07) is 13.6. The zero-order valence-electron chi connectivity index (χ0n) is 17.6. The number of ether oxygens (including phenoxy) is 2. The molecule has 3 N–H and O–H groups in total. The molecule has 0 radical (unpaired) electrons. The number of hydrogen-bond donors (Lipinski definition) is 2. The molecular formula is C23H23FN6O2. The number of nitrogens with one attached hydrogen (secondary N) is 1. The van der Waals surface area contributed by atoms with E-state index in [1.807, 2.05) is 24.3 Å². The molecule has 4 aromatic rings. The largest absolute Gasteiger partial charge is 0.497 e. The number of anilines is 2. The van der Waals surface area contributed by atoms with Gasteiger partial charge in [-0.15, -0.1) is 5.10 Å². The van der Waals surface area contributed by atoms with E-state index >= 15 is 0 Å². The van der Waals surface area contributed by atoms with Crippen LogP contribution in [0.25, 0.3) is 28.0 Å². The van der Waals surface area contributed by atoms with Crippen molar-refractivity contribution < 1.29 is 13.9 Å². The second-order valence-corrected chi connectivity index (χ2v) is 7.62. The number of benzene rings is 2. The maximum atomic E-state index is 13.8. The molecule has 32 heavy (non-hydrogen) atoms. The lowest BCUT2D eigenvalue weighted by Crippen LogP contribution is -2.19. The highest BCUT2D eigenvalue weighted by atomic mass is 19.1. The Balaban J connectivity index is 1.64. The van der Waals surface area contributed by atoms with E-state index < -0.39 is 0 Å². The predicted molar refractivity (Wildman–Crippen MR) is 120 cm³/mol. The summed E-state index contributed by atoms with van der Waals surface area (Å²) < 4.78 is 26.4. The molecule has 0 saturated carbocycles. The number of rotatable bonds is 6. The highest BCUT2D eigenvalue weighted by Crippen LogP contribution is 2.34. The summed E-state index contributed by atoms with van der Waals surface area (Å²) >= 11 is 0. The Morgan fingerprint density at radius 2 is 2.09 bits per heavy atom. The lowest BCUT2D eigenvalue weighted by molar-refractivity contribution is 0.120. The fraction of sp³-hybridized carbons (Fsp3) is 0.261. The van der Waals surface area contributed by atoms with Gasteiger partial charge in [0, 0.05) is 18.7 Å². The molecule has 2 aromatic carbocycles. The fourth-order valence-electron chi connectivity index (χ4n) is 3.89. The molecule has 3 heterocycles. The third-order valence-electron chi connectivity index (χ3n) is 5.48. The molecule has 1 saturated heterocycles. The van der Waals surface area contributed by atoms with E-state index in [1.165, 1.54) is 16.8 Å². The SMILES string of the molecule is COc1cccc(-c2nc(NC[C@@H]3CCCO3)nc3nn(-c4cccc(F)c4)c(N)c23)c1. The standard InChI is InChI=1S/C23H23FN6O2/c1-31-17-8-2-5-14(11-17)20-19-21(25)30(16-7-3-6-15(24)12-16)29-22(19)28-23(27-20)26-13-18-9-4-10-32-18/h2-3,5-8,11-12,18H,4,9-10,13,25H2,1H3,(H,26,28,29)/t18-/m0/s1. The van der Waals surface area contributed by atoms with Gasteiger partial charge in [-0.05, 0) is 43.2 Å². The van der Waals surface area contributed by atoms with Crippen molar-refractivity contribution in [2.24, 2.45) is 0 Å². The van der Waals surface area contributed by atoms with Gasteiger partial charge >= 0.3 is 0 Å². The molecule has 9 heteroatoms. The minimum atomic E-state index is -0.375. The highest BCUT2D eigenvalue weighted by molar-refractivity contribution is 5.99. The number of methoxy groups -OCH3 is 1. The topological polar surface area (TPSA) is 100 Å². The van der Waals surface area contributed by atoms with E-state index in [4.69, 9.17) is 20.2 Å². The molecule has 0 spiro atoms. The Morgan fingerprint density at radius 1 is 1.22 bits per heavy atom. The minimum absolute atomic E-state index is 0.129. The first-order valence-corrected chi connectivity index (χ1v) is 10.4. The average molecular weight is 434 g/mol. The van der Waals surface area contributed by atoms with Crippen molar-refractivity contribution in [3.05, 3.63) is 54.3 Å². The van der Waals surface area contributed by atoms with Gasteiger partial charge in [-0.2, -0.15) is 4.98 Å². The maximum Gasteiger partial charge on any atom is 0.225 e. The number of hydrogen-bond acceptors (Lipinski definition) is 7. The van der Waals surface area contributed by atoms with Crippen LogP contribution < -0.4 is 15.8 Å². The highest BCUT2D eigenvalue weighted by Gasteiger charge is 2.21. The Hall–Kier alpha value is -3.72. The molecular weight excluding hydrogens is 411 g/mol. The van der Waals surface area contributed by atoms with Crippen LogP contribution >= 0.6 is 0 Å². The van der Waals surface area contributed by atoms with Crippen molar-refractivity contribution in [2.45, 2.75) is 18.9 Å². The van der Waals surface area contributed by atoms with Crippen molar-refractivity contribution >= 4 is 22.8 Å². The first-order valence-electron chi connectivity index (χ1n) is 10.4. The third-order valence-corrected chi connectivity index (χ3v) is 5.48. The summed E-state index contributed by atoms with van der Waals surface area (Å²) in [5.41, 5.74) is 8.82. The summed E-state index contributed by atoms with van der Waals surface area (Å²) in [5, 5.41) is 8.42. The van der Waals surface area contributed by atoms with Crippen LogP contribution in [0.1, 0.15) is 12.8 Å². The zero-order valence-corrected chi connectivity index (χ0v) is 17.6. The second-order valence-electron chi connectivity index (χ2n) is 7.62. The normalized spacial score (nSPS) is 15.9. The minimum Gasteiger partial charge on any atom is -0.497 e. The Morgan fingerprint density at radius 3 is 2.88 bits per heavy atom. The van der Waals surface area contributed by atoms with Crippen LogP contribution in [0.3, 0.4) is 0 Å². The Labute approximate surface area is 184 Å². The van der Waals surface area contributed by atoms with Crippen molar-refractivity contribution in [1.82, 2.24) is 19.7 Å². The quantitative estimate of drug-likeness (QED) is 0.476. The summed E-state index contributed by atoms with van der Waals surface area (Å²) in [4.78, 5) is 9.33. The van der Waals surface area contributed by atoms with E-state index in [0.29, 0.717) is 46.5 Å². The lowest BCUT2D eigenvalue weighted by Gasteiger charge is -2.12. The summed E-state index contributed by atoms with van der Waals surface area (Å²) in [5.74, 6) is 1.07. The molecule has 1 aliphatic heterocycles. The zero-order chi connectivity index (χ0) is 22.1. The van der Waals surface area contributed by atoms with Gasteiger partial charge < -0.3 is 20.5 Å². The van der Waals surface area contributed by atoms with Gasteiger partial charge in [0.2, 0.25) is 5.95 Å². The predicted octanol–water partition coefficient (Wildman–Crippen LogP) is 3.80. The molecule has 5 rings (SSSR count). The molecule has 0 unspecified atom stereocenters. The molecule has 0 bridgehead atoms. The number of nitrogen functional groups attached to an aromatic ring is 1. The number of nitrogens with zero attached hydrogens (tertiary/aromatic N) is 4. The molecule has 0 aliphatic carbocycles. The Bertz CT molecular complexity index is 1270.